The lowest BCUT2D eigenvalue weighted by Gasteiger charge is -2.28. The molecule has 3 nitrogen and oxygen atoms in total. The van der Waals surface area contributed by atoms with Gasteiger partial charge in [-0.2, -0.15) is 0 Å². The van der Waals surface area contributed by atoms with Crippen LogP contribution < -0.4 is 5.73 Å². The van der Waals surface area contributed by atoms with Crippen molar-refractivity contribution in [1.29, 1.82) is 0 Å². The molecule has 0 aliphatic carbocycles. The van der Waals surface area contributed by atoms with Gasteiger partial charge in [-0.15, -0.1) is 0 Å². The van der Waals surface area contributed by atoms with E-state index in [0.717, 1.165) is 31.5 Å². The summed E-state index contributed by atoms with van der Waals surface area (Å²) in [4.78, 5) is 13.8. The van der Waals surface area contributed by atoms with Gasteiger partial charge in [-0.25, -0.2) is 4.39 Å². The lowest BCUT2D eigenvalue weighted by Crippen LogP contribution is -2.38. The van der Waals surface area contributed by atoms with E-state index in [1.54, 1.807) is 12.1 Å². The van der Waals surface area contributed by atoms with Gasteiger partial charge in [0.05, 0.1) is 0 Å². The smallest absolute Gasteiger partial charge is 0.239 e. The number of carbonyl (C=O) groups is 1. The van der Waals surface area contributed by atoms with Gasteiger partial charge < -0.3 is 5.73 Å². The molecule has 1 fully saturated rings. The summed E-state index contributed by atoms with van der Waals surface area (Å²) in [6.07, 6.45) is 4.58. The standard InChI is InChI=1S/C14H19FN2O/c15-12-7-5-11(6-8-12)13(14(16)18)17-9-3-1-2-4-10-17/h5-8,13H,1-4,9-10H2,(H2,16,18). The zero-order valence-electron chi connectivity index (χ0n) is 10.4. The van der Waals surface area contributed by atoms with Crippen LogP contribution in [0.1, 0.15) is 37.3 Å². The Morgan fingerprint density at radius 1 is 1.11 bits per heavy atom. The van der Waals surface area contributed by atoms with E-state index in [9.17, 15) is 9.18 Å². The van der Waals surface area contributed by atoms with Crippen molar-refractivity contribution in [2.75, 3.05) is 13.1 Å². The zero-order valence-corrected chi connectivity index (χ0v) is 10.4. The highest BCUT2D eigenvalue weighted by molar-refractivity contribution is 5.81. The first kappa shape index (κ1) is 13.0. The first-order valence-corrected chi connectivity index (χ1v) is 6.47. The predicted molar refractivity (Wildman–Crippen MR) is 68.4 cm³/mol. The molecule has 98 valence electrons. The number of benzene rings is 1. The summed E-state index contributed by atoms with van der Waals surface area (Å²) in [5.41, 5.74) is 6.30. The molecule has 0 bridgehead atoms. The number of nitrogens with zero attached hydrogens (tertiary/aromatic N) is 1. The van der Waals surface area contributed by atoms with Gasteiger partial charge in [0.15, 0.2) is 0 Å². The molecular weight excluding hydrogens is 231 g/mol. The van der Waals surface area contributed by atoms with E-state index >= 15 is 0 Å². The molecule has 1 aromatic rings. The lowest BCUT2D eigenvalue weighted by molar-refractivity contribution is -0.123. The van der Waals surface area contributed by atoms with Gasteiger partial charge in [0.2, 0.25) is 5.91 Å². The number of amides is 1. The van der Waals surface area contributed by atoms with Crippen molar-refractivity contribution in [1.82, 2.24) is 4.90 Å². The van der Waals surface area contributed by atoms with Crippen LogP contribution in [0.15, 0.2) is 24.3 Å². The molecule has 0 radical (unpaired) electrons. The monoisotopic (exact) mass is 250 g/mol. The maximum Gasteiger partial charge on any atom is 0.239 e. The number of nitrogens with two attached hydrogens (primary N) is 1. The Kier molecular flexibility index (Phi) is 4.31. The first-order chi connectivity index (χ1) is 8.68. The average Bonchev–Trinajstić information content (AvgIpc) is 2.60. The summed E-state index contributed by atoms with van der Waals surface area (Å²) in [6, 6.07) is 5.63. The van der Waals surface area contributed by atoms with Crippen molar-refractivity contribution in [3.8, 4) is 0 Å². The van der Waals surface area contributed by atoms with Gasteiger partial charge in [-0.3, -0.25) is 9.69 Å². The van der Waals surface area contributed by atoms with Crippen molar-refractivity contribution in [3.05, 3.63) is 35.6 Å². The molecule has 0 aromatic heterocycles. The minimum Gasteiger partial charge on any atom is -0.368 e. The topological polar surface area (TPSA) is 46.3 Å². The normalized spacial score (nSPS) is 19.2. The minimum atomic E-state index is -0.427. The summed E-state index contributed by atoms with van der Waals surface area (Å²) >= 11 is 0. The van der Waals surface area contributed by atoms with Gasteiger partial charge in [0.25, 0.3) is 0 Å². The Morgan fingerprint density at radius 3 is 2.17 bits per heavy atom. The van der Waals surface area contributed by atoms with Crippen molar-refractivity contribution in [2.45, 2.75) is 31.7 Å². The fourth-order valence-corrected chi connectivity index (χ4v) is 2.55. The van der Waals surface area contributed by atoms with E-state index < -0.39 is 6.04 Å². The van der Waals surface area contributed by atoms with Crippen molar-refractivity contribution in [3.63, 3.8) is 0 Å². The van der Waals surface area contributed by atoms with Crippen LogP contribution in [-0.4, -0.2) is 23.9 Å². The molecule has 0 spiro atoms. The predicted octanol–water partition coefficient (Wildman–Crippen LogP) is 2.23. The van der Waals surface area contributed by atoms with Gasteiger partial charge in [0.1, 0.15) is 11.9 Å². The maximum atomic E-state index is 12.9. The quantitative estimate of drug-likeness (QED) is 0.894. The molecule has 1 unspecified atom stereocenters. The summed E-state index contributed by atoms with van der Waals surface area (Å²) in [7, 11) is 0. The Bertz CT molecular complexity index is 397. The van der Waals surface area contributed by atoms with Crippen molar-refractivity contribution < 1.29 is 9.18 Å². The lowest BCUT2D eigenvalue weighted by atomic mass is 10.0. The van der Waals surface area contributed by atoms with Gasteiger partial charge >= 0.3 is 0 Å². The molecule has 2 rings (SSSR count). The molecule has 4 heteroatoms. The van der Waals surface area contributed by atoms with Gasteiger partial charge in [0, 0.05) is 0 Å². The molecule has 1 heterocycles. The molecular formula is C14H19FN2O. The second-order valence-electron chi connectivity index (χ2n) is 4.81. The highest BCUT2D eigenvalue weighted by Crippen LogP contribution is 2.24. The van der Waals surface area contributed by atoms with Crippen LogP contribution in [0, 0.1) is 5.82 Å². The number of primary amides is 1. The third-order valence-electron chi connectivity index (χ3n) is 3.46. The molecule has 1 atom stereocenters. The summed E-state index contributed by atoms with van der Waals surface area (Å²) in [5, 5.41) is 0. The van der Waals surface area contributed by atoms with E-state index in [-0.39, 0.29) is 11.7 Å². The van der Waals surface area contributed by atoms with Crippen LogP contribution >= 0.6 is 0 Å². The Hall–Kier alpha value is -1.42. The number of likely N-dealkylation sites (tertiary alicyclic amines) is 1. The largest absolute Gasteiger partial charge is 0.368 e. The minimum absolute atomic E-state index is 0.294. The Morgan fingerprint density at radius 2 is 1.67 bits per heavy atom. The molecule has 1 aromatic carbocycles. The molecule has 1 amide bonds. The third kappa shape index (κ3) is 3.07. The zero-order chi connectivity index (χ0) is 13.0. The molecule has 2 N–H and O–H groups in total. The SMILES string of the molecule is NC(=O)C(c1ccc(F)cc1)N1CCCCCC1. The molecule has 1 aliphatic heterocycles. The fraction of sp³-hybridized carbons (Fsp3) is 0.500. The average molecular weight is 250 g/mol. The summed E-state index contributed by atoms with van der Waals surface area (Å²) in [5.74, 6) is -0.652. The van der Waals surface area contributed by atoms with Crippen LogP contribution in [0.5, 0.6) is 0 Å². The van der Waals surface area contributed by atoms with E-state index in [0.29, 0.717) is 0 Å². The van der Waals surface area contributed by atoms with E-state index in [1.165, 1.54) is 25.0 Å². The Balaban J connectivity index is 2.21. The number of rotatable bonds is 3. The number of hydrogen-bond acceptors (Lipinski definition) is 2. The van der Waals surface area contributed by atoms with Crippen LogP contribution in [0.3, 0.4) is 0 Å². The third-order valence-corrected chi connectivity index (χ3v) is 3.46. The fourth-order valence-electron chi connectivity index (χ4n) is 2.55. The van der Waals surface area contributed by atoms with E-state index in [4.69, 9.17) is 5.73 Å². The first-order valence-electron chi connectivity index (χ1n) is 6.47. The second-order valence-corrected chi connectivity index (χ2v) is 4.81. The molecule has 0 saturated carbocycles. The molecule has 1 aliphatic rings. The number of hydrogen-bond donors (Lipinski definition) is 1. The molecule has 1 saturated heterocycles. The summed E-state index contributed by atoms with van der Waals surface area (Å²) in [6.45, 7) is 1.76. The van der Waals surface area contributed by atoms with Crippen LogP contribution in [-0.2, 0) is 4.79 Å². The van der Waals surface area contributed by atoms with E-state index in [1.807, 2.05) is 0 Å². The summed E-state index contributed by atoms with van der Waals surface area (Å²) < 4.78 is 12.9. The number of carbonyl (C=O) groups excluding carboxylic acids is 1. The number of halogens is 1. The van der Waals surface area contributed by atoms with Crippen LogP contribution in [0.2, 0.25) is 0 Å². The van der Waals surface area contributed by atoms with Gasteiger partial charge in [-0.1, -0.05) is 25.0 Å². The van der Waals surface area contributed by atoms with E-state index in [2.05, 4.69) is 4.90 Å². The van der Waals surface area contributed by atoms with Crippen molar-refractivity contribution in [2.24, 2.45) is 5.73 Å². The van der Waals surface area contributed by atoms with Crippen molar-refractivity contribution >= 4 is 5.91 Å². The molecule has 18 heavy (non-hydrogen) atoms. The van der Waals surface area contributed by atoms with Gasteiger partial charge in [-0.05, 0) is 43.6 Å². The maximum absolute atomic E-state index is 12.9. The highest BCUT2D eigenvalue weighted by Gasteiger charge is 2.26. The second kappa shape index (κ2) is 5.96. The Labute approximate surface area is 107 Å². The highest BCUT2D eigenvalue weighted by atomic mass is 19.1. The van der Waals surface area contributed by atoms with Crippen LogP contribution in [0.25, 0.3) is 0 Å². The van der Waals surface area contributed by atoms with Crippen LogP contribution in [0.4, 0.5) is 4.39 Å².